The third-order valence-electron chi connectivity index (χ3n) is 3.34. The number of sulfone groups is 1. The Morgan fingerprint density at radius 1 is 1.50 bits per heavy atom. The molecule has 4 nitrogen and oxygen atoms in total. The van der Waals surface area contributed by atoms with E-state index >= 15 is 0 Å². The molecular weight excluding hydrogens is 248 g/mol. The van der Waals surface area contributed by atoms with Crippen LogP contribution in [0.3, 0.4) is 0 Å². The number of nitrogens with zero attached hydrogens (tertiary/aromatic N) is 1. The predicted octanol–water partition coefficient (Wildman–Crippen LogP) is 1.86. The SMILES string of the molecule is Cc1cc(NCC2CCCS2(=O)=O)ccc1C#N. The van der Waals surface area contributed by atoms with Crippen molar-refractivity contribution in [3.8, 4) is 6.07 Å². The zero-order valence-corrected chi connectivity index (χ0v) is 11.1. The second-order valence-corrected chi connectivity index (χ2v) is 7.05. The Morgan fingerprint density at radius 2 is 2.28 bits per heavy atom. The predicted molar refractivity (Wildman–Crippen MR) is 71.2 cm³/mol. The van der Waals surface area contributed by atoms with Crippen LogP contribution >= 0.6 is 0 Å². The summed E-state index contributed by atoms with van der Waals surface area (Å²) in [5.41, 5.74) is 2.42. The zero-order chi connectivity index (χ0) is 13.2. The van der Waals surface area contributed by atoms with Gasteiger partial charge in [-0.2, -0.15) is 5.26 Å². The molecule has 0 aromatic heterocycles. The normalized spacial score (nSPS) is 21.4. The van der Waals surface area contributed by atoms with Crippen LogP contribution in [0.5, 0.6) is 0 Å². The van der Waals surface area contributed by atoms with E-state index in [0.29, 0.717) is 17.9 Å². The molecule has 5 heteroatoms. The van der Waals surface area contributed by atoms with Gasteiger partial charge in [0.2, 0.25) is 0 Å². The van der Waals surface area contributed by atoms with Crippen LogP contribution < -0.4 is 5.32 Å². The van der Waals surface area contributed by atoms with Gasteiger partial charge in [-0.25, -0.2) is 8.42 Å². The molecule has 96 valence electrons. The summed E-state index contributed by atoms with van der Waals surface area (Å²) in [6.07, 6.45) is 1.51. The van der Waals surface area contributed by atoms with Gasteiger partial charge in [-0.05, 0) is 43.5 Å². The second-order valence-electron chi connectivity index (χ2n) is 4.65. The van der Waals surface area contributed by atoms with E-state index in [1.165, 1.54) is 0 Å². The van der Waals surface area contributed by atoms with Gasteiger partial charge in [-0.15, -0.1) is 0 Å². The van der Waals surface area contributed by atoms with Crippen molar-refractivity contribution in [2.24, 2.45) is 0 Å². The molecular formula is C13H16N2O2S. The van der Waals surface area contributed by atoms with Crippen LogP contribution in [0.1, 0.15) is 24.0 Å². The number of hydrogen-bond donors (Lipinski definition) is 1. The van der Waals surface area contributed by atoms with Gasteiger partial charge in [0.1, 0.15) is 0 Å². The van der Waals surface area contributed by atoms with Crippen molar-refractivity contribution in [3.05, 3.63) is 29.3 Å². The summed E-state index contributed by atoms with van der Waals surface area (Å²) in [7, 11) is -2.90. The van der Waals surface area contributed by atoms with Crippen molar-refractivity contribution in [1.82, 2.24) is 0 Å². The Morgan fingerprint density at radius 3 is 2.83 bits per heavy atom. The number of hydrogen-bond acceptors (Lipinski definition) is 4. The van der Waals surface area contributed by atoms with Crippen molar-refractivity contribution in [3.63, 3.8) is 0 Å². The Balaban J connectivity index is 2.03. The summed E-state index contributed by atoms with van der Waals surface area (Å²) in [6, 6.07) is 7.55. The fourth-order valence-corrected chi connectivity index (χ4v) is 3.98. The smallest absolute Gasteiger partial charge is 0.154 e. The van der Waals surface area contributed by atoms with Crippen LogP contribution in [0, 0.1) is 18.3 Å². The molecule has 1 fully saturated rings. The van der Waals surface area contributed by atoms with E-state index < -0.39 is 9.84 Å². The van der Waals surface area contributed by atoms with Crippen molar-refractivity contribution in [1.29, 1.82) is 5.26 Å². The third-order valence-corrected chi connectivity index (χ3v) is 5.62. The van der Waals surface area contributed by atoms with Crippen molar-refractivity contribution in [2.75, 3.05) is 17.6 Å². The molecule has 1 aromatic carbocycles. The van der Waals surface area contributed by atoms with Gasteiger partial charge in [0.05, 0.1) is 22.6 Å². The minimum absolute atomic E-state index is 0.270. The average molecular weight is 264 g/mol. The largest absolute Gasteiger partial charge is 0.384 e. The van der Waals surface area contributed by atoms with E-state index in [1.807, 2.05) is 19.1 Å². The summed E-state index contributed by atoms with van der Waals surface area (Å²) >= 11 is 0. The molecule has 1 atom stereocenters. The summed E-state index contributed by atoms with van der Waals surface area (Å²) in [5.74, 6) is 0.311. The standard InChI is InChI=1S/C13H16N2O2S/c1-10-7-12(5-4-11(10)8-14)15-9-13-3-2-6-18(13,16)17/h4-5,7,13,15H,2-3,6,9H2,1H3. The van der Waals surface area contributed by atoms with E-state index in [9.17, 15) is 8.42 Å². The lowest BCUT2D eigenvalue weighted by molar-refractivity contribution is 0.591. The lowest BCUT2D eigenvalue weighted by Gasteiger charge is -2.12. The molecule has 0 saturated carbocycles. The molecule has 18 heavy (non-hydrogen) atoms. The molecule has 1 aliphatic heterocycles. The summed E-state index contributed by atoms with van der Waals surface area (Å²) < 4.78 is 23.3. The van der Waals surface area contributed by atoms with Crippen LogP contribution in [0.2, 0.25) is 0 Å². The molecule has 0 spiro atoms. The maximum atomic E-state index is 11.7. The fraction of sp³-hybridized carbons (Fsp3) is 0.462. The van der Waals surface area contributed by atoms with Crippen LogP contribution in [-0.2, 0) is 9.84 Å². The molecule has 1 aromatic rings. The molecule has 1 heterocycles. The van der Waals surface area contributed by atoms with Crippen molar-refractivity contribution < 1.29 is 8.42 Å². The van der Waals surface area contributed by atoms with Crippen molar-refractivity contribution in [2.45, 2.75) is 25.0 Å². The first-order chi connectivity index (χ1) is 8.53. The summed E-state index contributed by atoms with van der Waals surface area (Å²) in [4.78, 5) is 0. The zero-order valence-electron chi connectivity index (χ0n) is 10.3. The van der Waals surface area contributed by atoms with E-state index in [1.54, 1.807) is 6.07 Å². The fourth-order valence-electron chi connectivity index (χ4n) is 2.22. The maximum absolute atomic E-state index is 11.7. The molecule has 1 N–H and O–H groups in total. The first kappa shape index (κ1) is 12.9. The molecule has 1 saturated heterocycles. The highest BCUT2D eigenvalue weighted by Gasteiger charge is 2.30. The highest BCUT2D eigenvalue weighted by atomic mass is 32.2. The number of aryl methyl sites for hydroxylation is 1. The molecule has 2 rings (SSSR count). The average Bonchev–Trinajstić information content (AvgIpc) is 2.66. The van der Waals surface area contributed by atoms with Gasteiger partial charge < -0.3 is 5.32 Å². The lowest BCUT2D eigenvalue weighted by atomic mass is 10.1. The number of nitriles is 1. The van der Waals surface area contributed by atoms with Crippen molar-refractivity contribution >= 4 is 15.5 Å². The quantitative estimate of drug-likeness (QED) is 0.904. The third kappa shape index (κ3) is 2.65. The summed E-state index contributed by atoms with van der Waals surface area (Å²) in [5, 5.41) is 11.7. The molecule has 1 aliphatic rings. The topological polar surface area (TPSA) is 70.0 Å². The van der Waals surface area contributed by atoms with Crippen LogP contribution in [-0.4, -0.2) is 26.0 Å². The van der Waals surface area contributed by atoms with Crippen LogP contribution in [0.4, 0.5) is 5.69 Å². The lowest BCUT2D eigenvalue weighted by Crippen LogP contribution is -2.25. The Kier molecular flexibility index (Phi) is 3.58. The molecule has 0 bridgehead atoms. The molecule has 0 amide bonds. The van der Waals surface area contributed by atoms with E-state index in [4.69, 9.17) is 5.26 Å². The first-order valence-electron chi connectivity index (χ1n) is 5.99. The number of rotatable bonds is 3. The van der Waals surface area contributed by atoms with Crippen LogP contribution in [0.15, 0.2) is 18.2 Å². The van der Waals surface area contributed by atoms with Gasteiger partial charge >= 0.3 is 0 Å². The Labute approximate surface area is 108 Å². The Hall–Kier alpha value is -1.54. The first-order valence-corrected chi connectivity index (χ1v) is 7.70. The number of benzene rings is 1. The van der Waals surface area contributed by atoms with Gasteiger partial charge in [0, 0.05) is 12.2 Å². The highest BCUT2D eigenvalue weighted by Crippen LogP contribution is 2.21. The van der Waals surface area contributed by atoms with Crippen LogP contribution in [0.25, 0.3) is 0 Å². The number of nitrogens with one attached hydrogen (secondary N) is 1. The van der Waals surface area contributed by atoms with E-state index in [0.717, 1.165) is 24.1 Å². The minimum atomic E-state index is -2.90. The Bertz CT molecular complexity index is 587. The van der Waals surface area contributed by atoms with Gasteiger partial charge in [0.15, 0.2) is 9.84 Å². The van der Waals surface area contributed by atoms with E-state index in [2.05, 4.69) is 11.4 Å². The molecule has 1 unspecified atom stereocenters. The van der Waals surface area contributed by atoms with E-state index in [-0.39, 0.29) is 5.25 Å². The van der Waals surface area contributed by atoms with Gasteiger partial charge in [-0.3, -0.25) is 0 Å². The second kappa shape index (κ2) is 4.99. The molecule has 0 radical (unpaired) electrons. The number of anilines is 1. The van der Waals surface area contributed by atoms with Gasteiger partial charge in [-0.1, -0.05) is 0 Å². The van der Waals surface area contributed by atoms with Gasteiger partial charge in [0.25, 0.3) is 0 Å². The summed E-state index contributed by atoms with van der Waals surface area (Å²) in [6.45, 7) is 2.32. The maximum Gasteiger partial charge on any atom is 0.154 e. The minimum Gasteiger partial charge on any atom is -0.384 e. The highest BCUT2D eigenvalue weighted by molar-refractivity contribution is 7.92. The molecule has 0 aliphatic carbocycles. The monoisotopic (exact) mass is 264 g/mol.